The summed E-state index contributed by atoms with van der Waals surface area (Å²) >= 11 is 6.11. The van der Waals surface area contributed by atoms with Crippen molar-refractivity contribution in [3.63, 3.8) is 0 Å². The van der Waals surface area contributed by atoms with Crippen LogP contribution in [0.25, 0.3) is 0 Å². The topological polar surface area (TPSA) is 105 Å². The number of hydrogen-bond acceptors (Lipinski definition) is 6. The van der Waals surface area contributed by atoms with Crippen LogP contribution in [0.3, 0.4) is 0 Å². The Balaban J connectivity index is 1.46. The number of nitrogens with zero attached hydrogens (tertiary/aromatic N) is 2. The molecule has 1 atom stereocenters. The molecule has 0 saturated carbocycles. The molecule has 0 bridgehead atoms. The Hall–Kier alpha value is -3.60. The zero-order valence-corrected chi connectivity index (χ0v) is 22.5. The van der Waals surface area contributed by atoms with Crippen LogP contribution in [0.2, 0.25) is 5.02 Å². The van der Waals surface area contributed by atoms with Crippen LogP contribution < -0.4 is 19.7 Å². The fraction of sp³-hybridized carbons (Fsp3) is 0.259. The molecule has 1 heterocycles. The van der Waals surface area contributed by atoms with E-state index in [0.717, 1.165) is 9.87 Å². The Morgan fingerprint density at radius 2 is 1.82 bits per heavy atom. The van der Waals surface area contributed by atoms with Crippen molar-refractivity contribution in [2.45, 2.75) is 17.4 Å². The molecule has 11 heteroatoms. The summed E-state index contributed by atoms with van der Waals surface area (Å²) in [6, 6.07) is 20.7. The lowest BCUT2D eigenvalue weighted by molar-refractivity contribution is -0.128. The van der Waals surface area contributed by atoms with Crippen molar-refractivity contribution < 1.29 is 27.5 Å². The number of methoxy groups -OCH3 is 1. The van der Waals surface area contributed by atoms with Gasteiger partial charge in [0.05, 0.1) is 35.8 Å². The quantitative estimate of drug-likeness (QED) is 0.433. The average Bonchev–Trinajstić information content (AvgIpc) is 2.92. The van der Waals surface area contributed by atoms with Crippen LogP contribution >= 0.6 is 11.6 Å². The predicted octanol–water partition coefficient (Wildman–Crippen LogP) is 3.12. The molecule has 0 spiro atoms. The van der Waals surface area contributed by atoms with Gasteiger partial charge in [0.1, 0.15) is 11.5 Å². The fourth-order valence-electron chi connectivity index (χ4n) is 4.04. The monoisotopic (exact) mass is 557 g/mol. The number of amides is 2. The summed E-state index contributed by atoms with van der Waals surface area (Å²) in [5.74, 6) is -0.166. The third-order valence-electron chi connectivity index (χ3n) is 6.11. The van der Waals surface area contributed by atoms with Crippen molar-refractivity contribution in [2.24, 2.45) is 0 Å². The van der Waals surface area contributed by atoms with Gasteiger partial charge in [0.15, 0.2) is 6.10 Å². The van der Waals surface area contributed by atoms with E-state index in [9.17, 15) is 18.0 Å². The second-order valence-electron chi connectivity index (χ2n) is 8.66. The molecule has 2 amide bonds. The number of para-hydroxylation sites is 2. The molecule has 0 aromatic heterocycles. The maximum Gasteiger partial charge on any atom is 0.262 e. The van der Waals surface area contributed by atoms with Crippen LogP contribution in [0.5, 0.6) is 11.5 Å². The third kappa shape index (κ3) is 6.09. The molecule has 1 aliphatic heterocycles. The van der Waals surface area contributed by atoms with Gasteiger partial charge in [-0.15, -0.1) is 0 Å². The van der Waals surface area contributed by atoms with Crippen LogP contribution in [0.15, 0.2) is 77.7 Å². The summed E-state index contributed by atoms with van der Waals surface area (Å²) in [6.45, 7) is -0.109. The number of likely N-dealkylation sites (N-methyl/N-ethyl adjacent to an activating group) is 1. The van der Waals surface area contributed by atoms with Gasteiger partial charge in [0.2, 0.25) is 15.9 Å². The highest BCUT2D eigenvalue weighted by molar-refractivity contribution is 7.89. The number of nitrogens with one attached hydrogen (secondary N) is 1. The summed E-state index contributed by atoms with van der Waals surface area (Å²) in [5.41, 5.74) is 1.55. The van der Waals surface area contributed by atoms with Crippen LogP contribution in [-0.4, -0.2) is 64.4 Å². The molecule has 1 aliphatic rings. The largest absolute Gasteiger partial charge is 0.495 e. The summed E-state index contributed by atoms with van der Waals surface area (Å²) in [6.07, 6.45) is -0.303. The molecule has 4 rings (SSSR count). The van der Waals surface area contributed by atoms with Crippen molar-refractivity contribution in [1.82, 2.24) is 9.62 Å². The first-order valence-electron chi connectivity index (χ1n) is 11.9. The van der Waals surface area contributed by atoms with Crippen molar-refractivity contribution in [1.29, 1.82) is 0 Å². The van der Waals surface area contributed by atoms with E-state index < -0.39 is 28.6 Å². The third-order valence-corrected chi connectivity index (χ3v) is 8.21. The number of hydrogen-bond donors (Lipinski definition) is 1. The minimum Gasteiger partial charge on any atom is -0.495 e. The minimum absolute atomic E-state index is 0.0602. The number of sulfonamides is 1. The second kappa shape index (κ2) is 11.8. The first kappa shape index (κ1) is 27.4. The molecule has 38 heavy (non-hydrogen) atoms. The highest BCUT2D eigenvalue weighted by Crippen LogP contribution is 2.34. The molecule has 9 nitrogen and oxygen atoms in total. The lowest BCUT2D eigenvalue weighted by Gasteiger charge is -2.35. The Kier molecular flexibility index (Phi) is 8.55. The molecule has 0 saturated heterocycles. The molecular formula is C27H28ClN3O6S. The highest BCUT2D eigenvalue weighted by atomic mass is 35.5. The normalized spacial score (nSPS) is 14.9. The Morgan fingerprint density at radius 3 is 2.53 bits per heavy atom. The standard InChI is InChI=1S/C27H28ClN3O6S/c1-30(38(34,35)20-12-13-23(36-2)21(28)16-20)18-26(32)31-17-25(37-24-11-7-6-10-22(24)31)27(33)29-15-14-19-8-4-3-5-9-19/h3-13,16,25H,14-15,17-18H2,1-2H3,(H,29,33)/t25-/m0/s1. The van der Waals surface area contributed by atoms with Gasteiger partial charge in [0.25, 0.3) is 5.91 Å². The van der Waals surface area contributed by atoms with E-state index in [1.807, 2.05) is 30.3 Å². The Morgan fingerprint density at radius 1 is 1.11 bits per heavy atom. The summed E-state index contributed by atoms with van der Waals surface area (Å²) in [7, 11) is -1.29. The van der Waals surface area contributed by atoms with Crippen LogP contribution in [0.4, 0.5) is 5.69 Å². The number of benzene rings is 3. The Labute approximate surface area is 227 Å². The zero-order valence-electron chi connectivity index (χ0n) is 21.0. The van der Waals surface area contributed by atoms with E-state index in [1.54, 1.807) is 24.3 Å². The van der Waals surface area contributed by atoms with Gasteiger partial charge in [-0.25, -0.2) is 8.42 Å². The van der Waals surface area contributed by atoms with Crippen LogP contribution in [-0.2, 0) is 26.0 Å². The fourth-order valence-corrected chi connectivity index (χ4v) is 5.51. The van der Waals surface area contributed by atoms with Crippen molar-refractivity contribution in [3.05, 3.63) is 83.4 Å². The smallest absolute Gasteiger partial charge is 0.262 e. The SMILES string of the molecule is COc1ccc(S(=O)(=O)N(C)CC(=O)N2C[C@@H](C(=O)NCCc3ccccc3)Oc3ccccc32)cc1Cl. The van der Waals surface area contributed by atoms with E-state index in [0.29, 0.717) is 30.2 Å². The molecule has 0 fully saturated rings. The van der Waals surface area contributed by atoms with E-state index in [2.05, 4.69) is 5.32 Å². The van der Waals surface area contributed by atoms with Crippen molar-refractivity contribution in [3.8, 4) is 11.5 Å². The molecule has 200 valence electrons. The van der Waals surface area contributed by atoms with Gasteiger partial charge in [-0.05, 0) is 42.3 Å². The molecule has 3 aromatic carbocycles. The van der Waals surface area contributed by atoms with E-state index in [-0.39, 0.29) is 22.4 Å². The summed E-state index contributed by atoms with van der Waals surface area (Å²) in [4.78, 5) is 27.6. The van der Waals surface area contributed by atoms with Gasteiger partial charge < -0.3 is 19.7 Å². The molecule has 0 aliphatic carbocycles. The van der Waals surface area contributed by atoms with Gasteiger partial charge in [-0.2, -0.15) is 4.31 Å². The van der Waals surface area contributed by atoms with Gasteiger partial charge in [0, 0.05) is 13.6 Å². The first-order chi connectivity index (χ1) is 18.2. The maximum absolute atomic E-state index is 13.4. The molecular weight excluding hydrogens is 530 g/mol. The lowest BCUT2D eigenvalue weighted by Crippen LogP contribution is -2.52. The first-order valence-corrected chi connectivity index (χ1v) is 13.7. The summed E-state index contributed by atoms with van der Waals surface area (Å²) in [5, 5.41) is 3.00. The molecule has 0 radical (unpaired) electrons. The Bertz CT molecular complexity index is 1420. The number of anilines is 1. The summed E-state index contributed by atoms with van der Waals surface area (Å²) < 4.78 is 38.2. The van der Waals surface area contributed by atoms with Crippen LogP contribution in [0.1, 0.15) is 5.56 Å². The van der Waals surface area contributed by atoms with Crippen LogP contribution in [0, 0.1) is 0 Å². The number of fused-ring (bicyclic) bond motifs is 1. The van der Waals surface area contributed by atoms with Gasteiger partial charge >= 0.3 is 0 Å². The zero-order chi connectivity index (χ0) is 27.3. The minimum atomic E-state index is -4.03. The highest BCUT2D eigenvalue weighted by Gasteiger charge is 2.35. The number of ether oxygens (including phenoxy) is 2. The van der Waals surface area contributed by atoms with Crippen molar-refractivity contribution >= 4 is 39.1 Å². The molecule has 3 aromatic rings. The van der Waals surface area contributed by atoms with E-state index in [1.165, 1.54) is 37.3 Å². The molecule has 1 N–H and O–H groups in total. The van der Waals surface area contributed by atoms with E-state index in [4.69, 9.17) is 21.1 Å². The predicted molar refractivity (Wildman–Crippen MR) is 144 cm³/mol. The second-order valence-corrected chi connectivity index (χ2v) is 11.1. The maximum atomic E-state index is 13.4. The lowest BCUT2D eigenvalue weighted by atomic mass is 10.1. The molecule has 0 unspecified atom stereocenters. The average molecular weight is 558 g/mol. The van der Waals surface area contributed by atoms with Gasteiger partial charge in [-0.3, -0.25) is 9.59 Å². The van der Waals surface area contributed by atoms with Gasteiger partial charge in [-0.1, -0.05) is 54.1 Å². The number of carbonyl (C=O) groups excluding carboxylic acids is 2. The number of carbonyl (C=O) groups is 2. The number of halogens is 1. The van der Waals surface area contributed by atoms with E-state index >= 15 is 0 Å². The van der Waals surface area contributed by atoms with Crippen molar-refractivity contribution in [2.75, 3.05) is 38.7 Å². The number of rotatable bonds is 9.